The lowest BCUT2D eigenvalue weighted by atomic mass is 9.74. The molecule has 0 bridgehead atoms. The van der Waals surface area contributed by atoms with E-state index >= 15 is 0 Å². The van der Waals surface area contributed by atoms with Gasteiger partial charge in [0.25, 0.3) is 0 Å². The summed E-state index contributed by atoms with van der Waals surface area (Å²) >= 11 is 2.94. The molecule has 9 nitrogen and oxygen atoms in total. The van der Waals surface area contributed by atoms with Crippen LogP contribution < -0.4 is 0 Å². The molecule has 0 spiro atoms. The summed E-state index contributed by atoms with van der Waals surface area (Å²) in [6.07, 6.45) is 5.34. The van der Waals surface area contributed by atoms with Gasteiger partial charge in [0, 0.05) is 0 Å². The fraction of sp³-hybridized carbons (Fsp3) is 0.444. The number of benzene rings is 2. The van der Waals surface area contributed by atoms with Gasteiger partial charge in [0.1, 0.15) is 0 Å². The van der Waals surface area contributed by atoms with Crippen LogP contribution >= 0.6 is 23.5 Å². The molecule has 0 radical (unpaired) electrons. The SMILES string of the molecule is CCCCCC(C)(C)C1CC(Sc2nnnn2-c2ccccc2)C(=O)C1Sc1nnnn1-c1ccccc1. The minimum Gasteiger partial charge on any atom is -0.297 e. The summed E-state index contributed by atoms with van der Waals surface area (Å²) in [7, 11) is 0. The fourth-order valence-corrected chi connectivity index (χ4v) is 7.76. The molecule has 0 amide bonds. The summed E-state index contributed by atoms with van der Waals surface area (Å²) in [6.45, 7) is 6.82. The van der Waals surface area contributed by atoms with E-state index in [4.69, 9.17) is 0 Å². The van der Waals surface area contributed by atoms with Crippen LogP contribution in [0, 0.1) is 11.3 Å². The number of ketones is 1. The minimum absolute atomic E-state index is 0.0197. The van der Waals surface area contributed by atoms with Crippen molar-refractivity contribution in [2.24, 2.45) is 11.3 Å². The van der Waals surface area contributed by atoms with Gasteiger partial charge in [-0.05, 0) is 69.3 Å². The average Bonchev–Trinajstić information content (AvgIpc) is 3.66. The number of tetrazole rings is 2. The molecule has 1 aliphatic rings. The van der Waals surface area contributed by atoms with Crippen molar-refractivity contribution in [2.75, 3.05) is 0 Å². The lowest BCUT2D eigenvalue weighted by molar-refractivity contribution is -0.117. The number of rotatable bonds is 11. The summed E-state index contributed by atoms with van der Waals surface area (Å²) in [5.41, 5.74) is 1.72. The molecule has 0 N–H and O–H groups in total. The van der Waals surface area contributed by atoms with E-state index in [2.05, 4.69) is 51.8 Å². The zero-order valence-corrected chi connectivity index (χ0v) is 23.5. The molecule has 38 heavy (non-hydrogen) atoms. The normalized spacial score (nSPS) is 19.8. The second-order valence-corrected chi connectivity index (χ2v) is 12.5. The van der Waals surface area contributed by atoms with Gasteiger partial charge in [-0.3, -0.25) is 4.79 Å². The van der Waals surface area contributed by atoms with Crippen LogP contribution in [0.25, 0.3) is 11.4 Å². The van der Waals surface area contributed by atoms with E-state index < -0.39 is 0 Å². The second kappa shape index (κ2) is 11.8. The van der Waals surface area contributed by atoms with Gasteiger partial charge >= 0.3 is 0 Å². The molecule has 1 aliphatic carbocycles. The van der Waals surface area contributed by atoms with Crippen molar-refractivity contribution in [1.82, 2.24) is 40.4 Å². The molecular weight excluding hydrogens is 516 g/mol. The number of hydrogen-bond acceptors (Lipinski definition) is 9. The van der Waals surface area contributed by atoms with Crippen molar-refractivity contribution in [3.63, 3.8) is 0 Å². The molecule has 2 aromatic heterocycles. The average molecular weight is 549 g/mol. The van der Waals surface area contributed by atoms with Gasteiger partial charge in [-0.15, -0.1) is 10.2 Å². The van der Waals surface area contributed by atoms with Crippen LogP contribution in [-0.2, 0) is 4.79 Å². The third kappa shape index (κ3) is 5.68. The third-order valence-corrected chi connectivity index (χ3v) is 9.68. The standard InChI is InChI=1S/C27H32N8OS2/c1-4-5-12-17-27(2,3)21-18-22(37-25-28-30-32-34(25)19-13-8-6-9-14-19)23(36)24(21)38-26-29-31-33-35(26)20-15-10-7-11-16-20/h6-11,13-16,21-22,24H,4-5,12,17-18H2,1-3H3. The maximum Gasteiger partial charge on any atom is 0.214 e. The summed E-state index contributed by atoms with van der Waals surface area (Å²) in [6, 6.07) is 19.6. The number of thioether (sulfide) groups is 2. The third-order valence-electron chi connectivity index (χ3n) is 7.22. The van der Waals surface area contributed by atoms with Crippen LogP contribution in [0.2, 0.25) is 0 Å². The topological polar surface area (TPSA) is 104 Å². The number of hydrogen-bond donors (Lipinski definition) is 0. The molecule has 2 heterocycles. The zero-order chi connectivity index (χ0) is 26.5. The Labute approximate surface area is 231 Å². The number of carbonyl (C=O) groups is 1. The number of aromatic nitrogens is 8. The van der Waals surface area contributed by atoms with Gasteiger partial charge in [0.05, 0.1) is 21.9 Å². The summed E-state index contributed by atoms with van der Waals surface area (Å²) < 4.78 is 3.42. The van der Waals surface area contributed by atoms with E-state index in [1.807, 2.05) is 60.7 Å². The molecule has 5 rings (SSSR count). The van der Waals surface area contributed by atoms with Crippen molar-refractivity contribution in [3.8, 4) is 11.4 Å². The van der Waals surface area contributed by atoms with Crippen molar-refractivity contribution in [1.29, 1.82) is 0 Å². The number of nitrogens with zero attached hydrogens (tertiary/aromatic N) is 8. The van der Waals surface area contributed by atoms with E-state index in [-0.39, 0.29) is 27.6 Å². The minimum atomic E-state index is -0.265. The Balaban J connectivity index is 1.42. The number of para-hydroxylation sites is 2. The van der Waals surface area contributed by atoms with Gasteiger partial charge in [-0.1, -0.05) is 100.0 Å². The van der Waals surface area contributed by atoms with Crippen LogP contribution in [0.1, 0.15) is 52.9 Å². The smallest absolute Gasteiger partial charge is 0.214 e. The highest BCUT2D eigenvalue weighted by atomic mass is 32.2. The van der Waals surface area contributed by atoms with Crippen LogP contribution in [-0.4, -0.2) is 56.7 Å². The first-order chi connectivity index (χ1) is 18.5. The lowest BCUT2D eigenvalue weighted by Gasteiger charge is -2.34. The Kier molecular flexibility index (Phi) is 8.23. The van der Waals surface area contributed by atoms with E-state index in [1.165, 1.54) is 36.4 Å². The quantitative estimate of drug-likeness (QED) is 0.226. The Hall–Kier alpha value is -3.05. The van der Waals surface area contributed by atoms with Gasteiger partial charge in [0.2, 0.25) is 10.3 Å². The Morgan fingerprint density at radius 1 is 0.842 bits per heavy atom. The molecule has 4 aromatic rings. The molecule has 198 valence electrons. The Morgan fingerprint density at radius 3 is 1.95 bits per heavy atom. The van der Waals surface area contributed by atoms with Gasteiger partial charge in [-0.2, -0.15) is 9.36 Å². The Morgan fingerprint density at radius 2 is 1.39 bits per heavy atom. The van der Waals surface area contributed by atoms with Crippen molar-refractivity contribution in [3.05, 3.63) is 60.7 Å². The molecule has 1 saturated carbocycles. The largest absolute Gasteiger partial charge is 0.297 e. The molecule has 1 fully saturated rings. The highest BCUT2D eigenvalue weighted by Crippen LogP contribution is 2.51. The lowest BCUT2D eigenvalue weighted by Crippen LogP contribution is -2.32. The maximum absolute atomic E-state index is 14.0. The Bertz CT molecular complexity index is 1340. The number of unbranched alkanes of at least 4 members (excludes halogenated alkanes) is 2. The van der Waals surface area contributed by atoms with E-state index in [0.29, 0.717) is 10.3 Å². The molecule has 3 atom stereocenters. The maximum atomic E-state index is 14.0. The van der Waals surface area contributed by atoms with Gasteiger partial charge in [0.15, 0.2) is 5.78 Å². The first-order valence-corrected chi connectivity index (χ1v) is 14.8. The molecule has 0 aliphatic heterocycles. The molecule has 3 unspecified atom stereocenters. The molecule has 11 heteroatoms. The summed E-state index contributed by atoms with van der Waals surface area (Å²) in [5.74, 6) is 0.357. The fourth-order valence-electron chi connectivity index (χ4n) is 5.05. The first kappa shape index (κ1) is 26.6. The predicted molar refractivity (Wildman–Crippen MR) is 149 cm³/mol. The number of carbonyl (C=O) groups excluding carboxylic acids is 1. The molecule has 2 aromatic carbocycles. The van der Waals surface area contributed by atoms with Crippen molar-refractivity contribution >= 4 is 29.3 Å². The zero-order valence-electron chi connectivity index (χ0n) is 21.8. The monoisotopic (exact) mass is 548 g/mol. The highest BCUT2D eigenvalue weighted by molar-refractivity contribution is 8.02. The summed E-state index contributed by atoms with van der Waals surface area (Å²) in [5, 5.41) is 25.5. The van der Waals surface area contributed by atoms with Crippen LogP contribution in [0.15, 0.2) is 71.0 Å². The second-order valence-electron chi connectivity index (χ2n) is 10.3. The number of Topliss-reactive ketones (excluding diaryl/α,β-unsaturated/α-hetero) is 1. The van der Waals surface area contributed by atoms with E-state index in [0.717, 1.165) is 30.6 Å². The van der Waals surface area contributed by atoms with Crippen LogP contribution in [0.4, 0.5) is 0 Å². The van der Waals surface area contributed by atoms with Crippen molar-refractivity contribution in [2.45, 2.75) is 73.7 Å². The van der Waals surface area contributed by atoms with Gasteiger partial charge < -0.3 is 0 Å². The predicted octanol–water partition coefficient (Wildman–Crippen LogP) is 5.46. The van der Waals surface area contributed by atoms with E-state index in [9.17, 15) is 4.79 Å². The van der Waals surface area contributed by atoms with Gasteiger partial charge in [-0.25, -0.2) is 0 Å². The summed E-state index contributed by atoms with van der Waals surface area (Å²) in [4.78, 5) is 14.0. The highest BCUT2D eigenvalue weighted by Gasteiger charge is 2.50. The molecular formula is C27H32N8OS2. The van der Waals surface area contributed by atoms with Crippen LogP contribution in [0.5, 0.6) is 0 Å². The molecule has 0 saturated heterocycles. The first-order valence-electron chi connectivity index (χ1n) is 13.0. The van der Waals surface area contributed by atoms with E-state index in [1.54, 1.807) is 9.36 Å². The van der Waals surface area contributed by atoms with Crippen molar-refractivity contribution < 1.29 is 4.79 Å². The van der Waals surface area contributed by atoms with Crippen LogP contribution in [0.3, 0.4) is 0 Å².